The maximum atomic E-state index is 9.23. The predicted octanol–water partition coefficient (Wildman–Crippen LogP) is -0.0894. The van der Waals surface area contributed by atoms with Crippen LogP contribution < -0.4 is 16.2 Å². The molecule has 7 nitrogen and oxygen atoms in total. The highest BCUT2D eigenvalue weighted by atomic mass is 16.5. The third-order valence-electron chi connectivity index (χ3n) is 3.23. The first-order valence-electron chi connectivity index (χ1n) is 6.51. The van der Waals surface area contributed by atoms with Crippen LogP contribution in [0, 0.1) is 0 Å². The maximum Gasteiger partial charge on any atom is 0.145 e. The SMILES string of the molecule is CCc1nc(NN)cc(N2CC(CO)OCC2C)n1. The average molecular weight is 267 g/mol. The Hall–Kier alpha value is -1.44. The number of nitrogens with one attached hydrogen (secondary N) is 1. The lowest BCUT2D eigenvalue weighted by molar-refractivity contribution is -0.0105. The summed E-state index contributed by atoms with van der Waals surface area (Å²) < 4.78 is 5.53. The maximum absolute atomic E-state index is 9.23. The van der Waals surface area contributed by atoms with Gasteiger partial charge in [0.25, 0.3) is 0 Å². The average Bonchev–Trinajstić information content (AvgIpc) is 2.47. The van der Waals surface area contributed by atoms with Crippen LogP contribution in [-0.2, 0) is 11.2 Å². The highest BCUT2D eigenvalue weighted by molar-refractivity contribution is 5.50. The van der Waals surface area contributed by atoms with E-state index >= 15 is 0 Å². The van der Waals surface area contributed by atoms with Gasteiger partial charge in [-0.2, -0.15) is 0 Å². The molecule has 1 aliphatic heterocycles. The minimum Gasteiger partial charge on any atom is -0.394 e. The fourth-order valence-electron chi connectivity index (χ4n) is 2.11. The Morgan fingerprint density at radius 2 is 2.37 bits per heavy atom. The van der Waals surface area contributed by atoms with Crippen molar-refractivity contribution in [1.29, 1.82) is 0 Å². The Balaban J connectivity index is 2.27. The van der Waals surface area contributed by atoms with Crippen molar-refractivity contribution >= 4 is 11.6 Å². The largest absolute Gasteiger partial charge is 0.394 e. The third kappa shape index (κ3) is 3.12. The summed E-state index contributed by atoms with van der Waals surface area (Å²) in [4.78, 5) is 10.9. The van der Waals surface area contributed by atoms with E-state index in [9.17, 15) is 5.11 Å². The molecule has 2 heterocycles. The Kier molecular flexibility index (Phi) is 4.52. The first-order valence-corrected chi connectivity index (χ1v) is 6.51. The van der Waals surface area contributed by atoms with Gasteiger partial charge in [0.15, 0.2) is 0 Å². The van der Waals surface area contributed by atoms with Crippen molar-refractivity contribution in [3.05, 3.63) is 11.9 Å². The first-order chi connectivity index (χ1) is 9.17. The van der Waals surface area contributed by atoms with E-state index < -0.39 is 0 Å². The molecule has 0 amide bonds. The summed E-state index contributed by atoms with van der Waals surface area (Å²) in [6, 6.07) is 2.02. The van der Waals surface area contributed by atoms with Crippen molar-refractivity contribution < 1.29 is 9.84 Å². The van der Waals surface area contributed by atoms with Gasteiger partial charge in [-0.3, -0.25) is 0 Å². The molecule has 0 spiro atoms. The molecule has 1 aromatic heterocycles. The fraction of sp³-hybridized carbons (Fsp3) is 0.667. The van der Waals surface area contributed by atoms with Gasteiger partial charge in [0.1, 0.15) is 17.5 Å². The number of aryl methyl sites for hydroxylation is 1. The molecule has 0 saturated carbocycles. The van der Waals surface area contributed by atoms with Crippen LogP contribution in [0.1, 0.15) is 19.7 Å². The highest BCUT2D eigenvalue weighted by Gasteiger charge is 2.27. The van der Waals surface area contributed by atoms with Crippen LogP contribution in [0.2, 0.25) is 0 Å². The molecule has 0 bridgehead atoms. The molecular formula is C12H21N5O2. The standard InChI is InChI=1S/C12H21N5O2/c1-3-10-14-11(16-13)4-12(15-10)17-5-9(6-18)19-7-8(17)2/h4,8-9,18H,3,5-7,13H2,1-2H3,(H,14,15,16). The molecule has 1 aliphatic rings. The summed E-state index contributed by atoms with van der Waals surface area (Å²) in [5.41, 5.74) is 2.56. The minimum atomic E-state index is -0.175. The van der Waals surface area contributed by atoms with Gasteiger partial charge in [-0.05, 0) is 6.92 Å². The van der Waals surface area contributed by atoms with Crippen molar-refractivity contribution in [1.82, 2.24) is 9.97 Å². The lowest BCUT2D eigenvalue weighted by Gasteiger charge is -2.38. The number of aliphatic hydroxyl groups is 1. The van der Waals surface area contributed by atoms with Crippen LogP contribution >= 0.6 is 0 Å². The van der Waals surface area contributed by atoms with Gasteiger partial charge in [-0.25, -0.2) is 15.8 Å². The van der Waals surface area contributed by atoms with Crippen LogP contribution in [-0.4, -0.2) is 47.0 Å². The number of nitrogen functional groups attached to an aromatic ring is 1. The normalized spacial score (nSPS) is 23.5. The number of morpholine rings is 1. The second kappa shape index (κ2) is 6.14. The molecule has 19 heavy (non-hydrogen) atoms. The summed E-state index contributed by atoms with van der Waals surface area (Å²) in [5.74, 6) is 7.59. The lowest BCUT2D eigenvalue weighted by atomic mass is 10.2. The molecule has 106 valence electrons. The number of hydrazine groups is 1. The third-order valence-corrected chi connectivity index (χ3v) is 3.23. The van der Waals surface area contributed by atoms with E-state index in [-0.39, 0.29) is 18.8 Å². The number of nitrogens with two attached hydrogens (primary N) is 1. The minimum absolute atomic E-state index is 0.0108. The van der Waals surface area contributed by atoms with Crippen molar-refractivity contribution in [3.63, 3.8) is 0 Å². The van der Waals surface area contributed by atoms with Crippen molar-refractivity contribution in [2.75, 3.05) is 30.1 Å². The molecule has 1 saturated heterocycles. The van der Waals surface area contributed by atoms with Gasteiger partial charge in [0.2, 0.25) is 0 Å². The van der Waals surface area contributed by atoms with Gasteiger partial charge >= 0.3 is 0 Å². The van der Waals surface area contributed by atoms with E-state index in [2.05, 4.69) is 27.2 Å². The van der Waals surface area contributed by atoms with E-state index in [0.717, 1.165) is 18.1 Å². The topological polar surface area (TPSA) is 96.5 Å². The molecule has 2 rings (SSSR count). The first kappa shape index (κ1) is 14.0. The second-order valence-corrected chi connectivity index (χ2v) is 4.66. The smallest absolute Gasteiger partial charge is 0.145 e. The van der Waals surface area contributed by atoms with Crippen molar-refractivity contribution in [2.24, 2.45) is 5.84 Å². The summed E-state index contributed by atoms with van der Waals surface area (Å²) in [6.07, 6.45) is 0.565. The zero-order valence-corrected chi connectivity index (χ0v) is 11.3. The monoisotopic (exact) mass is 267 g/mol. The van der Waals surface area contributed by atoms with E-state index in [1.165, 1.54) is 0 Å². The number of nitrogens with zero attached hydrogens (tertiary/aromatic N) is 3. The summed E-state index contributed by atoms with van der Waals surface area (Å²) in [5, 5.41) is 9.23. The van der Waals surface area contributed by atoms with Gasteiger partial charge in [-0.1, -0.05) is 6.92 Å². The molecule has 0 aromatic carbocycles. The summed E-state index contributed by atoms with van der Waals surface area (Å²) in [6.45, 7) is 5.26. The summed E-state index contributed by atoms with van der Waals surface area (Å²) >= 11 is 0. The number of rotatable bonds is 4. The van der Waals surface area contributed by atoms with Crippen LogP contribution in [0.5, 0.6) is 0 Å². The zero-order chi connectivity index (χ0) is 13.8. The van der Waals surface area contributed by atoms with E-state index in [4.69, 9.17) is 10.6 Å². The van der Waals surface area contributed by atoms with E-state index in [1.807, 2.05) is 13.0 Å². The fourth-order valence-corrected chi connectivity index (χ4v) is 2.11. The number of anilines is 2. The Morgan fingerprint density at radius 1 is 1.58 bits per heavy atom. The quantitative estimate of drug-likeness (QED) is 0.518. The lowest BCUT2D eigenvalue weighted by Crippen LogP contribution is -2.50. The van der Waals surface area contributed by atoms with E-state index in [1.54, 1.807) is 0 Å². The Morgan fingerprint density at radius 3 is 3.00 bits per heavy atom. The second-order valence-electron chi connectivity index (χ2n) is 4.66. The summed E-state index contributed by atoms with van der Waals surface area (Å²) in [7, 11) is 0. The molecule has 0 radical (unpaired) electrons. The van der Waals surface area contributed by atoms with Crippen LogP contribution in [0.4, 0.5) is 11.6 Å². The van der Waals surface area contributed by atoms with Crippen LogP contribution in [0.3, 0.4) is 0 Å². The van der Waals surface area contributed by atoms with Gasteiger partial charge in [0.05, 0.1) is 25.4 Å². The van der Waals surface area contributed by atoms with Gasteiger partial charge in [-0.15, -0.1) is 0 Å². The number of aliphatic hydroxyl groups excluding tert-OH is 1. The molecule has 4 N–H and O–H groups in total. The predicted molar refractivity (Wildman–Crippen MR) is 72.9 cm³/mol. The molecule has 2 unspecified atom stereocenters. The zero-order valence-electron chi connectivity index (χ0n) is 11.3. The van der Waals surface area contributed by atoms with Gasteiger partial charge < -0.3 is 20.2 Å². The Bertz CT molecular complexity index is 406. The molecule has 2 atom stereocenters. The number of hydrogen-bond acceptors (Lipinski definition) is 7. The van der Waals surface area contributed by atoms with E-state index in [0.29, 0.717) is 19.0 Å². The van der Waals surface area contributed by atoms with Crippen LogP contribution in [0.25, 0.3) is 0 Å². The Labute approximate surface area is 112 Å². The molecule has 0 aliphatic carbocycles. The van der Waals surface area contributed by atoms with Gasteiger partial charge in [0, 0.05) is 19.0 Å². The highest BCUT2D eigenvalue weighted by Crippen LogP contribution is 2.22. The van der Waals surface area contributed by atoms with Crippen LogP contribution in [0.15, 0.2) is 6.07 Å². The molecule has 1 aromatic rings. The number of aromatic nitrogens is 2. The molecular weight excluding hydrogens is 246 g/mol. The van der Waals surface area contributed by atoms with Crippen molar-refractivity contribution in [2.45, 2.75) is 32.4 Å². The molecule has 1 fully saturated rings. The molecule has 7 heteroatoms. The van der Waals surface area contributed by atoms with Crippen molar-refractivity contribution in [3.8, 4) is 0 Å². The number of hydrogen-bond donors (Lipinski definition) is 3. The number of ether oxygens (including phenoxy) is 1.